The third kappa shape index (κ3) is 23.4. The Kier molecular flexibility index (Phi) is 23.0. The lowest BCUT2D eigenvalue weighted by molar-refractivity contribution is 0.163. The molecule has 0 aliphatic heterocycles. The molecule has 0 rings (SSSR count). The second kappa shape index (κ2) is 23.5. The summed E-state index contributed by atoms with van der Waals surface area (Å²) in [6.07, 6.45) is 32.2. The van der Waals surface area contributed by atoms with Crippen molar-refractivity contribution in [1.82, 2.24) is 0 Å². The van der Waals surface area contributed by atoms with Gasteiger partial charge in [0, 0.05) is 0 Å². The molecule has 1 N–H and O–H groups in total. The summed E-state index contributed by atoms with van der Waals surface area (Å²) in [5.41, 5.74) is 0. The Bertz CT molecular complexity index is 307. The molecule has 0 saturated heterocycles. The van der Waals surface area contributed by atoms with Crippen LogP contribution in [0.5, 0.6) is 0 Å². The van der Waals surface area contributed by atoms with E-state index in [1.54, 1.807) is 0 Å². The van der Waals surface area contributed by atoms with Gasteiger partial charge in [0.2, 0.25) is 0 Å². The van der Waals surface area contributed by atoms with Gasteiger partial charge >= 0.3 is 0 Å². The third-order valence-corrected chi connectivity index (χ3v) is 5.49. The zero-order chi connectivity index (χ0) is 19.8. The van der Waals surface area contributed by atoms with Gasteiger partial charge in [0.25, 0.3) is 0 Å². The Labute approximate surface area is 171 Å². The number of unbranched alkanes of at least 4 members (excludes halogenated alkanes) is 16. The second-order valence-electron chi connectivity index (χ2n) is 8.32. The van der Waals surface area contributed by atoms with Gasteiger partial charge in [-0.2, -0.15) is 0 Å². The minimum Gasteiger partial charge on any atom is -0.393 e. The normalized spacial score (nSPS) is 12.7. The van der Waals surface area contributed by atoms with Gasteiger partial charge in [-0.15, -0.1) is 6.58 Å². The highest BCUT2D eigenvalue weighted by Crippen LogP contribution is 2.13. The van der Waals surface area contributed by atoms with Crippen molar-refractivity contribution in [1.29, 1.82) is 0 Å². The van der Waals surface area contributed by atoms with Gasteiger partial charge in [0.15, 0.2) is 0 Å². The van der Waals surface area contributed by atoms with Gasteiger partial charge in [0.1, 0.15) is 0 Å². The fraction of sp³-hybridized carbons (Fsp3) is 0.846. The van der Waals surface area contributed by atoms with E-state index in [1.165, 1.54) is 116 Å². The molecule has 0 aliphatic rings. The molecule has 0 bridgehead atoms. The van der Waals surface area contributed by atoms with E-state index in [0.29, 0.717) is 0 Å². The minimum atomic E-state index is -0.128. The number of hydrogen-bond acceptors (Lipinski definition) is 1. The summed E-state index contributed by atoms with van der Waals surface area (Å²) in [6, 6.07) is 0. The molecule has 0 fully saturated rings. The number of aliphatic hydroxyl groups excluding tert-OH is 1. The molecule has 1 atom stereocenters. The summed E-state index contributed by atoms with van der Waals surface area (Å²) in [4.78, 5) is 0. The Morgan fingerprint density at radius 3 is 1.67 bits per heavy atom. The Balaban J connectivity index is 3.23. The molecule has 27 heavy (non-hydrogen) atoms. The predicted molar refractivity (Wildman–Crippen MR) is 123 cm³/mol. The van der Waals surface area contributed by atoms with Crippen LogP contribution >= 0.6 is 0 Å². The molecule has 1 unspecified atom stereocenters. The monoisotopic (exact) mass is 378 g/mol. The summed E-state index contributed by atoms with van der Waals surface area (Å²) in [5, 5.41) is 10.0. The molecular formula is C26H50O. The van der Waals surface area contributed by atoms with Crippen LogP contribution in [0.25, 0.3) is 0 Å². The van der Waals surface area contributed by atoms with Crippen LogP contribution in [0.3, 0.4) is 0 Å². The maximum Gasteiger partial charge on any atom is 0.0574 e. The van der Waals surface area contributed by atoms with Crippen molar-refractivity contribution < 1.29 is 5.11 Å². The molecule has 0 spiro atoms. The second-order valence-corrected chi connectivity index (χ2v) is 8.32. The molecule has 0 aliphatic carbocycles. The van der Waals surface area contributed by atoms with Crippen molar-refractivity contribution in [2.75, 3.05) is 0 Å². The van der Waals surface area contributed by atoms with Crippen LogP contribution in [0, 0.1) is 0 Å². The Morgan fingerprint density at radius 2 is 1.11 bits per heavy atom. The molecule has 160 valence electrons. The van der Waals surface area contributed by atoms with Crippen LogP contribution in [0.15, 0.2) is 24.8 Å². The van der Waals surface area contributed by atoms with E-state index in [2.05, 4.69) is 25.7 Å². The lowest BCUT2D eigenvalue weighted by Crippen LogP contribution is -2.04. The lowest BCUT2D eigenvalue weighted by atomic mass is 10.0. The van der Waals surface area contributed by atoms with Crippen molar-refractivity contribution in [3.63, 3.8) is 0 Å². The van der Waals surface area contributed by atoms with Crippen molar-refractivity contribution in [2.24, 2.45) is 0 Å². The lowest BCUT2D eigenvalue weighted by Gasteiger charge is -2.07. The van der Waals surface area contributed by atoms with E-state index in [-0.39, 0.29) is 6.10 Å². The summed E-state index contributed by atoms with van der Waals surface area (Å²) in [5.74, 6) is 0. The number of hydrogen-bond donors (Lipinski definition) is 1. The van der Waals surface area contributed by atoms with Crippen molar-refractivity contribution >= 4 is 0 Å². The number of aliphatic hydroxyl groups is 1. The first-order chi connectivity index (χ1) is 13.3. The van der Waals surface area contributed by atoms with Crippen LogP contribution in [0.2, 0.25) is 0 Å². The number of allylic oxidation sites excluding steroid dienone is 2. The first-order valence-electron chi connectivity index (χ1n) is 12.2. The Hall–Kier alpha value is -0.560. The summed E-state index contributed by atoms with van der Waals surface area (Å²) >= 11 is 0. The average Bonchev–Trinajstić information content (AvgIpc) is 2.67. The maximum absolute atomic E-state index is 10.0. The standard InChI is InChI=1S/C26H50O/c1-3-5-7-9-11-13-14-15-17-19-21-23-25-26(27)24-22-20-18-16-12-10-8-6-4-2/h4,21,23,26-27H,2-3,5-20,22,24-25H2,1H3. The van der Waals surface area contributed by atoms with E-state index < -0.39 is 0 Å². The quantitative estimate of drug-likeness (QED) is 0.147. The van der Waals surface area contributed by atoms with Crippen molar-refractivity contribution in [3.05, 3.63) is 24.8 Å². The average molecular weight is 379 g/mol. The van der Waals surface area contributed by atoms with Crippen LogP contribution < -0.4 is 0 Å². The molecule has 0 aromatic rings. The molecule has 0 saturated carbocycles. The highest BCUT2D eigenvalue weighted by molar-refractivity contribution is 4.84. The summed E-state index contributed by atoms with van der Waals surface area (Å²) < 4.78 is 0. The van der Waals surface area contributed by atoms with Gasteiger partial charge in [0.05, 0.1) is 6.10 Å². The largest absolute Gasteiger partial charge is 0.393 e. The van der Waals surface area contributed by atoms with E-state index in [1.807, 2.05) is 6.08 Å². The van der Waals surface area contributed by atoms with E-state index >= 15 is 0 Å². The van der Waals surface area contributed by atoms with Gasteiger partial charge in [-0.05, 0) is 38.5 Å². The molecular weight excluding hydrogens is 328 g/mol. The zero-order valence-electron chi connectivity index (χ0n) is 18.6. The van der Waals surface area contributed by atoms with Crippen LogP contribution in [-0.2, 0) is 0 Å². The van der Waals surface area contributed by atoms with Crippen LogP contribution in [0.1, 0.15) is 135 Å². The van der Waals surface area contributed by atoms with Crippen molar-refractivity contribution in [2.45, 2.75) is 141 Å². The van der Waals surface area contributed by atoms with Gasteiger partial charge in [-0.3, -0.25) is 0 Å². The van der Waals surface area contributed by atoms with Crippen LogP contribution in [-0.4, -0.2) is 11.2 Å². The molecule has 0 radical (unpaired) electrons. The molecule has 0 aromatic carbocycles. The van der Waals surface area contributed by atoms with Crippen LogP contribution in [0.4, 0.5) is 0 Å². The minimum absolute atomic E-state index is 0.128. The maximum atomic E-state index is 10.0. The van der Waals surface area contributed by atoms with E-state index in [0.717, 1.165) is 12.8 Å². The first-order valence-corrected chi connectivity index (χ1v) is 12.2. The molecule has 0 amide bonds. The topological polar surface area (TPSA) is 20.2 Å². The van der Waals surface area contributed by atoms with E-state index in [9.17, 15) is 5.11 Å². The van der Waals surface area contributed by atoms with Gasteiger partial charge in [-0.25, -0.2) is 0 Å². The summed E-state index contributed by atoms with van der Waals surface area (Å²) in [6.45, 7) is 6.04. The third-order valence-electron chi connectivity index (χ3n) is 5.49. The molecule has 0 aromatic heterocycles. The van der Waals surface area contributed by atoms with E-state index in [4.69, 9.17) is 0 Å². The predicted octanol–water partition coefficient (Wildman–Crippen LogP) is 8.91. The SMILES string of the molecule is C=CCCCCCCCCCC(O)CC=CCCCCCCCCCCC. The molecule has 0 heterocycles. The smallest absolute Gasteiger partial charge is 0.0574 e. The summed E-state index contributed by atoms with van der Waals surface area (Å²) in [7, 11) is 0. The molecule has 1 heteroatoms. The zero-order valence-corrected chi connectivity index (χ0v) is 18.6. The Morgan fingerprint density at radius 1 is 0.630 bits per heavy atom. The highest BCUT2D eigenvalue weighted by atomic mass is 16.3. The van der Waals surface area contributed by atoms with Gasteiger partial charge in [-0.1, -0.05) is 115 Å². The fourth-order valence-corrected chi connectivity index (χ4v) is 3.61. The first kappa shape index (κ1) is 26.4. The fourth-order valence-electron chi connectivity index (χ4n) is 3.61. The van der Waals surface area contributed by atoms with Gasteiger partial charge < -0.3 is 5.11 Å². The van der Waals surface area contributed by atoms with Crippen molar-refractivity contribution in [3.8, 4) is 0 Å². The highest BCUT2D eigenvalue weighted by Gasteiger charge is 2.01. The number of rotatable bonds is 22. The molecule has 1 nitrogen and oxygen atoms in total.